The fourth-order valence-electron chi connectivity index (χ4n) is 0. The summed E-state index contributed by atoms with van der Waals surface area (Å²) in [5.41, 5.74) is 0. The van der Waals surface area contributed by atoms with E-state index in [1.165, 1.54) is 0 Å². The van der Waals surface area contributed by atoms with Crippen LogP contribution in [0.15, 0.2) is 0 Å². The van der Waals surface area contributed by atoms with Gasteiger partial charge in [-0.25, -0.2) is 0 Å². The molecule has 1 nitrogen and oxygen atoms in total. The minimum Gasteiger partial charge on any atom is -0.648 e. The second-order valence-corrected chi connectivity index (χ2v) is 1.25. The van der Waals surface area contributed by atoms with Crippen LogP contribution in [0.2, 0.25) is 0 Å². The second kappa shape index (κ2) is 1.51. The van der Waals surface area contributed by atoms with Crippen molar-refractivity contribution in [2.45, 2.75) is 0 Å². The normalized spacial score (nSPS) is 10.8. The zero-order valence-corrected chi connectivity index (χ0v) is 3.03. The fourth-order valence-corrected chi connectivity index (χ4v) is 0. The average Bonchev–Trinajstić information content (AvgIpc) is 0.811. The van der Waals surface area contributed by atoms with E-state index in [9.17, 15) is 4.89 Å². The van der Waals surface area contributed by atoms with Gasteiger partial charge in [-0.2, -0.15) is 0 Å². The summed E-state index contributed by atoms with van der Waals surface area (Å²) < 4.78 is 0. The molecule has 0 fully saturated rings. The van der Waals surface area contributed by atoms with Crippen LogP contribution in [-0.2, 0) is 0 Å². The molecule has 3 heteroatoms. The van der Waals surface area contributed by atoms with Gasteiger partial charge in [0.25, 0.3) is 0 Å². The molecule has 0 heterocycles. The van der Waals surface area contributed by atoms with Crippen molar-refractivity contribution in [1.29, 1.82) is 0 Å². The van der Waals surface area contributed by atoms with Crippen molar-refractivity contribution < 1.29 is 4.89 Å². The summed E-state index contributed by atoms with van der Waals surface area (Å²) in [6.07, 6.45) is 2.93. The number of hydrogen-bond acceptors (Lipinski definition) is 1. The fraction of sp³-hybridized carbons (Fsp3) is 0. The Hall–Kier alpha value is 0.195. The summed E-state index contributed by atoms with van der Waals surface area (Å²) in [5.74, 6) is 0. The van der Waals surface area contributed by atoms with Gasteiger partial charge in [-0.15, -0.1) is 0 Å². The number of hydrogen-bond donors (Lipinski definition) is 0. The summed E-state index contributed by atoms with van der Waals surface area (Å²) in [7, 11) is 2.89. The third-order valence-electron chi connectivity index (χ3n) is 0. The summed E-state index contributed by atoms with van der Waals surface area (Å²) >= 11 is 0. The molecule has 0 saturated carbocycles. The Balaban J connectivity index is 2.80. The molecule has 0 aliphatic rings. The Morgan fingerprint density at radius 1 is 2.00 bits per heavy atom. The summed E-state index contributed by atoms with van der Waals surface area (Å²) in [6.45, 7) is 0. The first-order chi connectivity index (χ1) is 1.73. The maximum absolute atomic E-state index is 9.26. The lowest BCUT2D eigenvalue weighted by Crippen LogP contribution is -1.80. The van der Waals surface area contributed by atoms with Crippen LogP contribution in [0.5, 0.6) is 0 Å². The quantitative estimate of drug-likeness (QED) is 0.273. The topological polar surface area (TPSA) is 23.1 Å². The van der Waals surface area contributed by atoms with Crippen molar-refractivity contribution in [2.24, 2.45) is 0 Å². The summed E-state index contributed by atoms with van der Waals surface area (Å²) in [4.78, 5) is 9.26. The van der Waals surface area contributed by atoms with E-state index < -0.39 is 7.65 Å². The van der Waals surface area contributed by atoms with Crippen LogP contribution < -0.4 is 4.89 Å². The molecule has 20 valence electrons. The molecule has 0 aliphatic carbocycles. The highest BCUT2D eigenvalue weighted by Crippen LogP contribution is 1.87. The van der Waals surface area contributed by atoms with Crippen LogP contribution in [0.25, 0.3) is 0 Å². The van der Waals surface area contributed by atoms with Gasteiger partial charge in [0.15, 0.2) is 0 Å². The predicted molar refractivity (Wildman–Crippen MR) is 19.8 cm³/mol. The number of rotatable bonds is 0. The molecule has 0 N–H and O–H groups in total. The Morgan fingerprint density at radius 2 is 2.00 bits per heavy atom. The SMILES string of the molecule is [B][P+](=C)[O-]. The molecule has 0 saturated heterocycles. The van der Waals surface area contributed by atoms with E-state index in [2.05, 4.69) is 13.9 Å². The maximum Gasteiger partial charge on any atom is 0.433 e. The van der Waals surface area contributed by atoms with Gasteiger partial charge in [0.05, 0.1) is 0 Å². The molecule has 0 aliphatic heterocycles. The monoisotopic (exact) mass is 72.0 g/mol. The van der Waals surface area contributed by atoms with Crippen molar-refractivity contribution in [3.05, 3.63) is 0 Å². The van der Waals surface area contributed by atoms with Crippen molar-refractivity contribution in [3.63, 3.8) is 0 Å². The van der Waals surface area contributed by atoms with E-state index in [1.54, 1.807) is 0 Å². The van der Waals surface area contributed by atoms with Crippen molar-refractivity contribution in [3.8, 4) is 0 Å². The van der Waals surface area contributed by atoms with E-state index in [-0.39, 0.29) is 0 Å². The van der Waals surface area contributed by atoms with Crippen molar-refractivity contribution in [2.75, 3.05) is 0 Å². The first-order valence-corrected chi connectivity index (χ1v) is 2.27. The Kier molecular flexibility index (Phi) is 1.58. The standard InChI is InChI=1S/CH2BOP/c1-4(2)3/h1H2. The molecule has 1 atom stereocenters. The molecular formula is CH2BOP. The molecule has 4 heavy (non-hydrogen) atoms. The molecule has 0 rings (SSSR count). The van der Waals surface area contributed by atoms with Crippen LogP contribution in [0.4, 0.5) is 0 Å². The molecule has 1 unspecified atom stereocenters. The minimum absolute atomic E-state index is 1.62. The van der Waals surface area contributed by atoms with E-state index in [4.69, 9.17) is 0 Å². The second-order valence-electron chi connectivity index (χ2n) is 0.417. The molecule has 0 amide bonds. The molecule has 0 spiro atoms. The minimum atomic E-state index is -1.62. The lowest BCUT2D eigenvalue weighted by atomic mass is 10.8. The molecule has 2 radical (unpaired) electrons. The van der Waals surface area contributed by atoms with E-state index in [1.807, 2.05) is 0 Å². The summed E-state index contributed by atoms with van der Waals surface area (Å²) in [6, 6.07) is 0. The third kappa shape index (κ3) is 82.5. The van der Waals surface area contributed by atoms with Crippen LogP contribution in [0, 0.1) is 0 Å². The molecule has 0 aromatic rings. The van der Waals surface area contributed by atoms with E-state index in [0.29, 0.717) is 0 Å². The summed E-state index contributed by atoms with van der Waals surface area (Å²) in [5, 5.41) is 0. The zero-order valence-electron chi connectivity index (χ0n) is 2.14. The van der Waals surface area contributed by atoms with Crippen LogP contribution in [0.3, 0.4) is 0 Å². The van der Waals surface area contributed by atoms with Gasteiger partial charge in [-0.1, -0.05) is 0 Å². The van der Waals surface area contributed by atoms with Gasteiger partial charge in [0, 0.05) is 6.30 Å². The maximum atomic E-state index is 9.26. The first-order valence-electron chi connectivity index (χ1n) is 0.757. The largest absolute Gasteiger partial charge is 0.648 e. The van der Waals surface area contributed by atoms with Crippen molar-refractivity contribution in [1.82, 2.24) is 0 Å². The van der Waals surface area contributed by atoms with Gasteiger partial charge in [-0.3, -0.25) is 0 Å². The molecule has 0 aromatic heterocycles. The van der Waals surface area contributed by atoms with Crippen LogP contribution in [0.1, 0.15) is 0 Å². The molecule has 0 aromatic carbocycles. The lowest BCUT2D eigenvalue weighted by molar-refractivity contribution is -0.147. The highest BCUT2D eigenvalue weighted by atomic mass is 31.1. The molecule has 0 bridgehead atoms. The highest BCUT2D eigenvalue weighted by Gasteiger charge is 1.60. The Morgan fingerprint density at radius 3 is 2.00 bits per heavy atom. The predicted octanol–water partition coefficient (Wildman–Crippen LogP) is -0.741. The van der Waals surface area contributed by atoms with Crippen LogP contribution >= 0.6 is 7.65 Å². The Labute approximate surface area is 27.5 Å². The van der Waals surface area contributed by atoms with Gasteiger partial charge in [0.1, 0.15) is 0 Å². The van der Waals surface area contributed by atoms with Gasteiger partial charge >= 0.3 is 7.57 Å². The van der Waals surface area contributed by atoms with E-state index in [0.717, 1.165) is 0 Å². The highest BCUT2D eigenvalue weighted by molar-refractivity contribution is 7.74. The Bertz CT molecular complexity index is 31.0. The van der Waals surface area contributed by atoms with Gasteiger partial charge in [-0.05, 0) is 7.65 Å². The van der Waals surface area contributed by atoms with Gasteiger partial charge < -0.3 is 4.89 Å². The van der Waals surface area contributed by atoms with Crippen molar-refractivity contribution >= 4 is 21.5 Å². The smallest absolute Gasteiger partial charge is 0.433 e. The zero-order chi connectivity index (χ0) is 3.58. The first kappa shape index (κ1) is 4.19. The molecular weight excluding hydrogens is 69.8 g/mol. The lowest BCUT2D eigenvalue weighted by Gasteiger charge is -1.72. The van der Waals surface area contributed by atoms with E-state index >= 15 is 0 Å². The van der Waals surface area contributed by atoms with Gasteiger partial charge in [0.2, 0.25) is 0 Å². The van der Waals surface area contributed by atoms with Crippen LogP contribution in [-0.4, -0.2) is 13.9 Å². The third-order valence-corrected chi connectivity index (χ3v) is 0. The average molecular weight is 71.8 g/mol.